The van der Waals surface area contributed by atoms with E-state index in [2.05, 4.69) is 0 Å². The first-order valence-electron chi connectivity index (χ1n) is 12.0. The molecule has 0 radical (unpaired) electrons. The molecule has 32 heavy (non-hydrogen) atoms. The van der Waals surface area contributed by atoms with Gasteiger partial charge in [0.2, 0.25) is 11.5 Å². The molecule has 3 aliphatic rings. The largest absolute Gasteiger partial charge is 0.427 e. The lowest BCUT2D eigenvalue weighted by atomic mass is 9.94. The average Bonchev–Trinajstić information content (AvgIpc) is 3.55. The van der Waals surface area contributed by atoms with Crippen molar-refractivity contribution in [1.29, 1.82) is 0 Å². The first kappa shape index (κ1) is 18.2. The second-order valence-electron chi connectivity index (χ2n) is 8.86. The minimum absolute atomic E-state index is 0.182. The summed E-state index contributed by atoms with van der Waals surface area (Å²) in [5, 5.41) is 0. The van der Waals surface area contributed by atoms with Gasteiger partial charge in [0.1, 0.15) is 6.50 Å². The maximum atomic E-state index is 13.6. The van der Waals surface area contributed by atoms with Crippen molar-refractivity contribution in [1.82, 2.24) is 9.80 Å². The van der Waals surface area contributed by atoms with Crippen molar-refractivity contribution in [3.8, 4) is 0 Å². The Morgan fingerprint density at radius 1 is 1.28 bits per heavy atom. The lowest BCUT2D eigenvalue weighted by molar-refractivity contribution is -0.143. The Labute approximate surface area is 189 Å². The van der Waals surface area contributed by atoms with Crippen molar-refractivity contribution in [2.75, 3.05) is 12.2 Å². The number of aryl methyl sites for hydroxylation is 1. The summed E-state index contributed by atoms with van der Waals surface area (Å²) in [5.74, 6) is -1.50. The summed E-state index contributed by atoms with van der Waals surface area (Å²) in [7, 11) is 0. The fourth-order valence-corrected chi connectivity index (χ4v) is 4.76. The maximum absolute atomic E-state index is 13.6. The molecular formula is C25H27N3O4. The number of hydrogen-bond donors (Lipinski definition) is 1. The molecule has 166 valence electrons. The summed E-state index contributed by atoms with van der Waals surface area (Å²) in [5.41, 5.74) is 6.88. The van der Waals surface area contributed by atoms with Crippen molar-refractivity contribution < 1.29 is 21.9 Å². The third-order valence-corrected chi connectivity index (χ3v) is 6.76. The van der Waals surface area contributed by atoms with Gasteiger partial charge in [-0.25, -0.2) is 9.69 Å². The standard InChI is InChI=1S/C25H27N3O4/c1-16(18-7-8-18)27(14-17-5-3-2-4-6-17)22(29)15-28-23(30)25(32-24(28)31)12-11-19-13-20(26)9-10-21(19)25/h2-6,9-10,13,16,18H,7-8,11-12,14-15,26H2,1H3/t16-,25?/m0/s1/i15D2. The molecule has 2 aromatic carbocycles. The molecule has 1 saturated heterocycles. The minimum atomic E-state index is -2.90. The van der Waals surface area contributed by atoms with Crippen LogP contribution in [0.3, 0.4) is 0 Å². The molecule has 1 aliphatic heterocycles. The van der Waals surface area contributed by atoms with E-state index in [0.717, 1.165) is 24.0 Å². The van der Waals surface area contributed by atoms with Gasteiger partial charge in [-0.3, -0.25) is 9.59 Å². The maximum Gasteiger partial charge on any atom is 0.418 e. The van der Waals surface area contributed by atoms with Gasteiger partial charge in [-0.05, 0) is 55.4 Å². The van der Waals surface area contributed by atoms with Gasteiger partial charge in [-0.1, -0.05) is 36.4 Å². The summed E-state index contributed by atoms with van der Waals surface area (Å²) in [4.78, 5) is 42.0. The minimum Gasteiger partial charge on any atom is -0.427 e. The molecule has 1 saturated carbocycles. The summed E-state index contributed by atoms with van der Waals surface area (Å²) in [6.07, 6.45) is 1.41. The third-order valence-electron chi connectivity index (χ3n) is 6.76. The molecule has 2 atom stereocenters. The van der Waals surface area contributed by atoms with Crippen molar-refractivity contribution in [3.63, 3.8) is 0 Å². The Morgan fingerprint density at radius 2 is 2.03 bits per heavy atom. The lowest BCUT2D eigenvalue weighted by Gasteiger charge is -2.30. The number of nitrogens with two attached hydrogens (primary N) is 1. The third kappa shape index (κ3) is 3.42. The number of hydrogen-bond acceptors (Lipinski definition) is 5. The number of carbonyl (C=O) groups is 3. The number of imide groups is 1. The van der Waals surface area contributed by atoms with E-state index in [0.29, 0.717) is 22.6 Å². The number of rotatable bonds is 6. The van der Waals surface area contributed by atoms with E-state index in [-0.39, 0.29) is 24.9 Å². The number of nitrogens with zero attached hydrogens (tertiary/aromatic N) is 2. The van der Waals surface area contributed by atoms with Gasteiger partial charge in [0.15, 0.2) is 0 Å². The first-order valence-corrected chi connectivity index (χ1v) is 11.0. The average molecular weight is 436 g/mol. The number of amides is 3. The zero-order chi connectivity index (χ0) is 24.3. The van der Waals surface area contributed by atoms with Crippen LogP contribution in [-0.4, -0.2) is 40.2 Å². The van der Waals surface area contributed by atoms with Crippen molar-refractivity contribution in [2.45, 2.75) is 50.8 Å². The summed E-state index contributed by atoms with van der Waals surface area (Å²) < 4.78 is 22.9. The van der Waals surface area contributed by atoms with Crippen LogP contribution >= 0.6 is 0 Å². The quantitative estimate of drug-likeness (QED) is 0.704. The Hall–Kier alpha value is -3.35. The van der Waals surface area contributed by atoms with Gasteiger partial charge in [0, 0.05) is 30.3 Å². The van der Waals surface area contributed by atoms with Gasteiger partial charge in [-0.15, -0.1) is 0 Å². The Morgan fingerprint density at radius 3 is 2.75 bits per heavy atom. The van der Waals surface area contributed by atoms with Gasteiger partial charge in [-0.2, -0.15) is 0 Å². The second-order valence-corrected chi connectivity index (χ2v) is 8.86. The molecule has 0 aromatic heterocycles. The number of nitrogen functional groups attached to an aromatic ring is 1. The van der Waals surface area contributed by atoms with Crippen molar-refractivity contribution in [3.05, 3.63) is 65.2 Å². The van der Waals surface area contributed by atoms with E-state index >= 15 is 0 Å². The predicted molar refractivity (Wildman–Crippen MR) is 118 cm³/mol. The second kappa shape index (κ2) is 7.65. The molecular weight excluding hydrogens is 406 g/mol. The molecule has 1 unspecified atom stereocenters. The number of anilines is 1. The lowest BCUT2D eigenvalue weighted by Crippen LogP contribution is -2.47. The normalized spacial score (nSPS) is 24.1. The SMILES string of the molecule is [2H]C([2H])(C(=O)N(Cc1ccccc1)[C@@H](C)C1CC1)N1C(=O)OC2(CCc3cc(N)ccc32)C1=O. The number of benzene rings is 2. The smallest absolute Gasteiger partial charge is 0.418 e. The topological polar surface area (TPSA) is 92.9 Å². The van der Waals surface area contributed by atoms with Crippen LogP contribution < -0.4 is 5.73 Å². The Balaban J connectivity index is 1.47. The van der Waals surface area contributed by atoms with Crippen LogP contribution in [0.25, 0.3) is 0 Å². The monoisotopic (exact) mass is 435 g/mol. The summed E-state index contributed by atoms with van der Waals surface area (Å²) in [6.45, 7) is -0.828. The van der Waals surface area contributed by atoms with Gasteiger partial charge >= 0.3 is 6.09 Å². The van der Waals surface area contributed by atoms with Crippen LogP contribution in [0.1, 0.15) is 45.6 Å². The molecule has 2 fully saturated rings. The highest BCUT2D eigenvalue weighted by Crippen LogP contribution is 2.46. The van der Waals surface area contributed by atoms with Gasteiger partial charge in [0.05, 0.1) is 2.74 Å². The first-order chi connectivity index (χ1) is 16.1. The summed E-state index contributed by atoms with van der Waals surface area (Å²) in [6, 6.07) is 14.0. The fourth-order valence-electron chi connectivity index (χ4n) is 4.76. The van der Waals surface area contributed by atoms with Crippen LogP contribution in [0.15, 0.2) is 48.5 Å². The molecule has 2 aromatic rings. The van der Waals surface area contributed by atoms with Crippen LogP contribution in [0.4, 0.5) is 10.5 Å². The van der Waals surface area contributed by atoms with E-state index in [1.54, 1.807) is 18.2 Å². The highest BCUT2D eigenvalue weighted by atomic mass is 16.6. The van der Waals surface area contributed by atoms with Gasteiger partial charge in [0.25, 0.3) is 5.91 Å². The molecule has 3 amide bonds. The van der Waals surface area contributed by atoms with Crippen LogP contribution in [-0.2, 0) is 32.9 Å². The Kier molecular flexibility index (Phi) is 4.36. The predicted octanol–water partition coefficient (Wildman–Crippen LogP) is 3.22. The molecule has 7 heteroatoms. The molecule has 0 bridgehead atoms. The zero-order valence-electron chi connectivity index (χ0n) is 19.9. The highest BCUT2D eigenvalue weighted by Gasteiger charge is 2.58. The number of carbonyl (C=O) groups excluding carboxylic acids is 3. The van der Waals surface area contributed by atoms with E-state index in [1.807, 2.05) is 37.3 Å². The number of fused-ring (bicyclic) bond motifs is 2. The summed E-state index contributed by atoms with van der Waals surface area (Å²) >= 11 is 0. The highest BCUT2D eigenvalue weighted by molar-refractivity contribution is 6.06. The van der Waals surface area contributed by atoms with E-state index in [9.17, 15) is 14.4 Å². The molecule has 5 rings (SSSR count). The molecule has 7 nitrogen and oxygen atoms in total. The van der Waals surface area contributed by atoms with E-state index < -0.39 is 30.0 Å². The van der Waals surface area contributed by atoms with E-state index in [4.69, 9.17) is 13.2 Å². The fraction of sp³-hybridized carbons (Fsp3) is 0.400. The Bertz CT molecular complexity index is 1170. The number of ether oxygens (including phenoxy) is 1. The zero-order valence-corrected chi connectivity index (χ0v) is 17.9. The van der Waals surface area contributed by atoms with Crippen LogP contribution in [0.2, 0.25) is 0 Å². The van der Waals surface area contributed by atoms with Gasteiger partial charge < -0.3 is 15.4 Å². The van der Waals surface area contributed by atoms with E-state index in [1.165, 1.54) is 4.90 Å². The van der Waals surface area contributed by atoms with Crippen molar-refractivity contribution >= 4 is 23.6 Å². The molecule has 2 N–H and O–H groups in total. The van der Waals surface area contributed by atoms with Crippen LogP contribution in [0.5, 0.6) is 0 Å². The molecule has 2 aliphatic carbocycles. The molecule has 1 heterocycles. The van der Waals surface area contributed by atoms with Crippen molar-refractivity contribution in [2.24, 2.45) is 5.92 Å². The van der Waals surface area contributed by atoms with Crippen LogP contribution in [0, 0.1) is 5.92 Å². The molecule has 1 spiro atoms.